The summed E-state index contributed by atoms with van der Waals surface area (Å²) in [5, 5.41) is 0. The van der Waals surface area contributed by atoms with Crippen molar-refractivity contribution in [1.29, 1.82) is 0 Å². The minimum atomic E-state index is -0.276. The van der Waals surface area contributed by atoms with Crippen LogP contribution >= 0.6 is 0 Å². The molecule has 2 unspecified atom stereocenters. The summed E-state index contributed by atoms with van der Waals surface area (Å²) in [6.07, 6.45) is 69.2. The summed E-state index contributed by atoms with van der Waals surface area (Å²) < 4.78 is 0. The van der Waals surface area contributed by atoms with Gasteiger partial charge in [0, 0.05) is 18.3 Å². The summed E-state index contributed by atoms with van der Waals surface area (Å²) in [5.74, 6) is -1.18. The van der Waals surface area contributed by atoms with Gasteiger partial charge in [0.1, 0.15) is 0 Å². The summed E-state index contributed by atoms with van der Waals surface area (Å²) in [6.45, 7) is 6.80. The van der Waals surface area contributed by atoms with E-state index in [1.54, 1.807) is 0 Å². The first-order valence-electron chi connectivity index (χ1n) is 28.6. The maximum absolute atomic E-state index is 12.1. The molecular formula is C59H113N3O3. The van der Waals surface area contributed by atoms with Gasteiger partial charge >= 0.3 is 0 Å². The van der Waals surface area contributed by atoms with Gasteiger partial charge in [-0.1, -0.05) is 237 Å². The minimum Gasteiger partial charge on any atom is -0.370 e. The summed E-state index contributed by atoms with van der Waals surface area (Å²) in [7, 11) is 0. The maximum Gasteiger partial charge on any atom is 0.220 e. The van der Waals surface area contributed by atoms with Crippen molar-refractivity contribution in [2.24, 2.45) is 29.0 Å². The predicted molar refractivity (Wildman–Crippen MR) is 287 cm³/mol. The number of carbonyl (C=O) groups is 3. The van der Waals surface area contributed by atoms with E-state index in [-0.39, 0.29) is 29.6 Å². The Hall–Kier alpha value is -2.37. The van der Waals surface area contributed by atoms with E-state index in [9.17, 15) is 14.4 Å². The van der Waals surface area contributed by atoms with Crippen molar-refractivity contribution in [3.63, 3.8) is 0 Å². The van der Waals surface area contributed by atoms with Crippen LogP contribution in [0, 0.1) is 11.8 Å². The molecule has 0 aromatic heterocycles. The highest BCUT2D eigenvalue weighted by molar-refractivity contribution is 5.80. The highest BCUT2D eigenvalue weighted by atomic mass is 16.2. The lowest BCUT2D eigenvalue weighted by Gasteiger charge is -2.19. The Morgan fingerprint density at radius 1 is 0.308 bits per heavy atom. The molecule has 3 amide bonds. The molecule has 0 aliphatic carbocycles. The van der Waals surface area contributed by atoms with E-state index in [4.69, 9.17) is 17.2 Å². The van der Waals surface area contributed by atoms with Gasteiger partial charge in [-0.3, -0.25) is 14.4 Å². The fraction of sp³-hybridized carbons (Fsp3) is 0.847. The molecule has 0 rings (SSSR count). The second-order valence-corrected chi connectivity index (χ2v) is 19.7. The third-order valence-electron chi connectivity index (χ3n) is 13.2. The summed E-state index contributed by atoms with van der Waals surface area (Å²) in [6, 6.07) is 0. The van der Waals surface area contributed by atoms with Gasteiger partial charge < -0.3 is 17.2 Å². The lowest BCUT2D eigenvalue weighted by atomic mass is 9.86. The topological polar surface area (TPSA) is 129 Å². The Labute approximate surface area is 405 Å². The van der Waals surface area contributed by atoms with Crippen molar-refractivity contribution in [3.8, 4) is 0 Å². The van der Waals surface area contributed by atoms with Crippen molar-refractivity contribution in [2.75, 3.05) is 0 Å². The van der Waals surface area contributed by atoms with Crippen LogP contribution in [0.4, 0.5) is 0 Å². The SMILES string of the molecule is CCCCCCCC/C=C\CCCCCCC(CC(CCCCCC/C=C\CCCCCCCC)C(N)=O)C(N)=O.CCCCCCCC/C=C\CCCCCCCCCCCC(N)=O. The van der Waals surface area contributed by atoms with Gasteiger partial charge in [-0.25, -0.2) is 0 Å². The molecule has 0 aliphatic rings. The lowest BCUT2D eigenvalue weighted by molar-refractivity contribution is -0.125. The molecule has 0 bridgehead atoms. The number of hydrogen-bond donors (Lipinski definition) is 3. The zero-order chi connectivity index (χ0) is 47.9. The Morgan fingerprint density at radius 2 is 0.523 bits per heavy atom. The minimum absolute atomic E-state index is 0.156. The number of carbonyl (C=O) groups excluding carboxylic acids is 3. The Kier molecular flexibility index (Phi) is 55.7. The third-order valence-corrected chi connectivity index (χ3v) is 13.2. The van der Waals surface area contributed by atoms with E-state index in [0.717, 1.165) is 64.2 Å². The van der Waals surface area contributed by atoms with Gasteiger partial charge in [-0.15, -0.1) is 0 Å². The van der Waals surface area contributed by atoms with Crippen LogP contribution in [0.2, 0.25) is 0 Å². The van der Waals surface area contributed by atoms with E-state index in [0.29, 0.717) is 12.8 Å². The van der Waals surface area contributed by atoms with Crippen LogP contribution in [0.15, 0.2) is 36.5 Å². The molecule has 0 aromatic carbocycles. The van der Waals surface area contributed by atoms with Crippen LogP contribution in [-0.2, 0) is 14.4 Å². The van der Waals surface area contributed by atoms with Crippen LogP contribution in [0.25, 0.3) is 0 Å². The van der Waals surface area contributed by atoms with Crippen molar-refractivity contribution in [3.05, 3.63) is 36.5 Å². The average Bonchev–Trinajstić information content (AvgIpc) is 3.28. The number of amides is 3. The number of primary amides is 3. The molecule has 0 aliphatic heterocycles. The second-order valence-electron chi connectivity index (χ2n) is 19.7. The Balaban J connectivity index is 0. The zero-order valence-electron chi connectivity index (χ0n) is 43.9. The van der Waals surface area contributed by atoms with Gasteiger partial charge in [-0.05, 0) is 103 Å². The quantitative estimate of drug-likeness (QED) is 0.0415. The molecule has 0 saturated carbocycles. The Bertz CT molecular complexity index is 1030. The molecule has 0 fully saturated rings. The standard InChI is InChI=1S/C37H70N2O2.C22H43NO/c1-3-5-7-9-11-13-15-17-19-21-23-25-27-29-31-34(36(38)40)33-35(37(39)41)32-30-28-26-24-22-20-18-16-14-12-10-8-6-4-2;1-2-3-4-5-6-7-8-9-10-11-12-13-14-15-16-17-18-19-20-21-22(23)24/h17-20,34-35H,3-16,21-33H2,1-2H3,(H2,38,40)(H2,39,41);9-10H,2-8,11-21H2,1H3,(H2,23,24)/b19-17-,20-18-;10-9-. The molecule has 0 saturated heterocycles. The molecule has 6 heteroatoms. The van der Waals surface area contributed by atoms with Crippen LogP contribution in [0.5, 0.6) is 0 Å². The van der Waals surface area contributed by atoms with E-state index in [1.807, 2.05) is 0 Å². The monoisotopic (exact) mass is 912 g/mol. The average molecular weight is 913 g/mol. The number of unbranched alkanes of at least 4 members (excludes halogenated alkanes) is 35. The first kappa shape index (κ1) is 64.7. The molecule has 0 radical (unpaired) electrons. The normalized spacial score (nSPS) is 12.6. The van der Waals surface area contributed by atoms with Crippen LogP contribution in [-0.4, -0.2) is 17.7 Å². The Morgan fingerprint density at radius 3 is 0.754 bits per heavy atom. The highest BCUT2D eigenvalue weighted by Gasteiger charge is 2.24. The third kappa shape index (κ3) is 55.9. The molecule has 6 N–H and O–H groups in total. The van der Waals surface area contributed by atoms with Gasteiger partial charge in [0.05, 0.1) is 0 Å². The van der Waals surface area contributed by atoms with Gasteiger partial charge in [-0.2, -0.15) is 0 Å². The van der Waals surface area contributed by atoms with Crippen molar-refractivity contribution in [2.45, 2.75) is 310 Å². The van der Waals surface area contributed by atoms with Gasteiger partial charge in [0.15, 0.2) is 0 Å². The number of rotatable bonds is 51. The summed E-state index contributed by atoms with van der Waals surface area (Å²) in [4.78, 5) is 34.8. The van der Waals surface area contributed by atoms with Crippen LogP contribution < -0.4 is 17.2 Å². The van der Waals surface area contributed by atoms with Crippen molar-refractivity contribution >= 4 is 17.7 Å². The number of hydrogen-bond acceptors (Lipinski definition) is 3. The molecule has 6 nitrogen and oxygen atoms in total. The molecular weight excluding hydrogens is 799 g/mol. The van der Waals surface area contributed by atoms with E-state index in [2.05, 4.69) is 57.2 Å². The van der Waals surface area contributed by atoms with Crippen molar-refractivity contribution < 1.29 is 14.4 Å². The predicted octanol–water partition coefficient (Wildman–Crippen LogP) is 17.9. The fourth-order valence-electron chi connectivity index (χ4n) is 8.74. The number of allylic oxidation sites excluding steroid dienone is 6. The van der Waals surface area contributed by atoms with E-state index < -0.39 is 0 Å². The van der Waals surface area contributed by atoms with E-state index in [1.165, 1.54) is 212 Å². The van der Waals surface area contributed by atoms with Crippen molar-refractivity contribution in [1.82, 2.24) is 0 Å². The van der Waals surface area contributed by atoms with Crippen LogP contribution in [0.3, 0.4) is 0 Å². The molecule has 382 valence electrons. The van der Waals surface area contributed by atoms with Gasteiger partial charge in [0.2, 0.25) is 17.7 Å². The van der Waals surface area contributed by atoms with E-state index >= 15 is 0 Å². The molecule has 0 heterocycles. The molecule has 65 heavy (non-hydrogen) atoms. The smallest absolute Gasteiger partial charge is 0.220 e. The van der Waals surface area contributed by atoms with Crippen LogP contribution in [0.1, 0.15) is 310 Å². The maximum atomic E-state index is 12.1. The molecule has 0 spiro atoms. The number of nitrogens with two attached hydrogens (primary N) is 3. The zero-order valence-corrected chi connectivity index (χ0v) is 43.9. The molecule has 0 aromatic rings. The first-order valence-corrected chi connectivity index (χ1v) is 28.6. The molecule has 2 atom stereocenters. The summed E-state index contributed by atoms with van der Waals surface area (Å²) >= 11 is 0. The second kappa shape index (κ2) is 56.0. The summed E-state index contributed by atoms with van der Waals surface area (Å²) in [5.41, 5.74) is 16.6. The highest BCUT2D eigenvalue weighted by Crippen LogP contribution is 2.24. The van der Waals surface area contributed by atoms with Gasteiger partial charge in [0.25, 0.3) is 0 Å². The first-order chi connectivity index (χ1) is 31.8. The fourth-order valence-corrected chi connectivity index (χ4v) is 8.74. The lowest BCUT2D eigenvalue weighted by Crippen LogP contribution is -2.31. The largest absolute Gasteiger partial charge is 0.370 e.